The number of rotatable bonds is 3. The zero-order valence-electron chi connectivity index (χ0n) is 7.96. The van der Waals surface area contributed by atoms with E-state index in [4.69, 9.17) is 5.73 Å². The number of nitrogens with two attached hydrogens (primary N) is 1. The summed E-state index contributed by atoms with van der Waals surface area (Å²) < 4.78 is 0. The zero-order valence-corrected chi connectivity index (χ0v) is 7.96. The minimum atomic E-state index is 0.226. The molecule has 1 rings (SSSR count). The molecule has 1 aliphatic rings. The third-order valence-corrected chi connectivity index (χ3v) is 2.24. The maximum atomic E-state index is 5.73. The van der Waals surface area contributed by atoms with Crippen molar-refractivity contribution in [3.05, 3.63) is 23.9 Å². The zero-order chi connectivity index (χ0) is 8.97. The summed E-state index contributed by atoms with van der Waals surface area (Å²) in [6.45, 7) is 6.49. The van der Waals surface area contributed by atoms with Gasteiger partial charge in [0.25, 0.3) is 0 Å². The van der Waals surface area contributed by atoms with Gasteiger partial charge in [-0.15, -0.1) is 0 Å². The topological polar surface area (TPSA) is 29.3 Å². The van der Waals surface area contributed by atoms with Gasteiger partial charge in [-0.25, -0.2) is 0 Å². The van der Waals surface area contributed by atoms with E-state index in [0.29, 0.717) is 0 Å². The smallest absolute Gasteiger partial charge is 0.0323 e. The van der Waals surface area contributed by atoms with Gasteiger partial charge in [-0.2, -0.15) is 0 Å². The molecule has 2 nitrogen and oxygen atoms in total. The highest BCUT2D eigenvalue weighted by molar-refractivity contribution is 5.23. The van der Waals surface area contributed by atoms with E-state index in [1.54, 1.807) is 0 Å². The molecule has 12 heavy (non-hydrogen) atoms. The average Bonchev–Trinajstić information content (AvgIpc) is 2.10. The quantitative estimate of drug-likeness (QED) is 0.688. The van der Waals surface area contributed by atoms with Crippen LogP contribution in [0.15, 0.2) is 23.9 Å². The minimum absolute atomic E-state index is 0.226. The Labute approximate surface area is 74.7 Å². The van der Waals surface area contributed by atoms with Gasteiger partial charge < -0.3 is 10.6 Å². The van der Waals surface area contributed by atoms with Crippen LogP contribution in [0.4, 0.5) is 0 Å². The molecule has 0 aromatic heterocycles. The monoisotopic (exact) mass is 166 g/mol. The van der Waals surface area contributed by atoms with Gasteiger partial charge in [-0.3, -0.25) is 0 Å². The van der Waals surface area contributed by atoms with Crippen LogP contribution in [-0.4, -0.2) is 24.0 Å². The molecule has 0 heterocycles. The third kappa shape index (κ3) is 2.11. The lowest BCUT2D eigenvalue weighted by Gasteiger charge is -2.24. The van der Waals surface area contributed by atoms with Crippen LogP contribution in [0.1, 0.15) is 20.3 Å². The maximum Gasteiger partial charge on any atom is 0.0323 e. The Kier molecular flexibility index (Phi) is 3.35. The fourth-order valence-electron chi connectivity index (χ4n) is 1.45. The Bertz CT molecular complexity index is 190. The van der Waals surface area contributed by atoms with Crippen LogP contribution in [0.25, 0.3) is 0 Å². The van der Waals surface area contributed by atoms with Crippen molar-refractivity contribution in [3.63, 3.8) is 0 Å². The molecule has 68 valence electrons. The normalized spacial score (nSPS) is 22.2. The van der Waals surface area contributed by atoms with Crippen LogP contribution >= 0.6 is 0 Å². The van der Waals surface area contributed by atoms with E-state index in [9.17, 15) is 0 Å². The largest absolute Gasteiger partial charge is 0.372 e. The first-order valence-electron chi connectivity index (χ1n) is 4.66. The van der Waals surface area contributed by atoms with Crippen LogP contribution in [0.3, 0.4) is 0 Å². The SMILES string of the molecule is CCN(CC)C1=CCC(N)C=C1. The second-order valence-corrected chi connectivity index (χ2v) is 3.06. The maximum absolute atomic E-state index is 5.73. The molecule has 0 fully saturated rings. The van der Waals surface area contributed by atoms with Crippen LogP contribution in [-0.2, 0) is 0 Å². The summed E-state index contributed by atoms with van der Waals surface area (Å²) >= 11 is 0. The van der Waals surface area contributed by atoms with Gasteiger partial charge in [0.1, 0.15) is 0 Å². The Morgan fingerprint density at radius 2 is 2.17 bits per heavy atom. The Morgan fingerprint density at radius 3 is 2.58 bits per heavy atom. The van der Waals surface area contributed by atoms with Crippen molar-refractivity contribution in [2.24, 2.45) is 5.73 Å². The second-order valence-electron chi connectivity index (χ2n) is 3.06. The van der Waals surface area contributed by atoms with Crippen LogP contribution < -0.4 is 5.73 Å². The first-order chi connectivity index (χ1) is 5.77. The van der Waals surface area contributed by atoms with E-state index in [2.05, 4.69) is 37.0 Å². The molecule has 1 atom stereocenters. The molecule has 0 saturated heterocycles. The number of nitrogens with zero attached hydrogens (tertiary/aromatic N) is 1. The lowest BCUT2D eigenvalue weighted by Crippen LogP contribution is -2.25. The fourth-order valence-corrected chi connectivity index (χ4v) is 1.45. The molecule has 0 saturated carbocycles. The molecule has 2 heteroatoms. The first-order valence-corrected chi connectivity index (χ1v) is 4.66. The van der Waals surface area contributed by atoms with E-state index in [1.165, 1.54) is 5.70 Å². The van der Waals surface area contributed by atoms with Crippen molar-refractivity contribution < 1.29 is 0 Å². The van der Waals surface area contributed by atoms with Gasteiger partial charge in [-0.1, -0.05) is 12.2 Å². The van der Waals surface area contributed by atoms with E-state index in [1.807, 2.05) is 0 Å². The highest BCUT2D eigenvalue weighted by Crippen LogP contribution is 2.12. The molecular formula is C10H18N2. The van der Waals surface area contributed by atoms with Crippen molar-refractivity contribution in [3.8, 4) is 0 Å². The molecule has 0 bridgehead atoms. The van der Waals surface area contributed by atoms with Gasteiger partial charge in [0.05, 0.1) is 0 Å². The van der Waals surface area contributed by atoms with Gasteiger partial charge in [0.15, 0.2) is 0 Å². The van der Waals surface area contributed by atoms with Crippen molar-refractivity contribution in [2.45, 2.75) is 26.3 Å². The lowest BCUT2D eigenvalue weighted by atomic mass is 10.1. The van der Waals surface area contributed by atoms with E-state index >= 15 is 0 Å². The molecule has 0 radical (unpaired) electrons. The van der Waals surface area contributed by atoms with Crippen LogP contribution in [0.2, 0.25) is 0 Å². The van der Waals surface area contributed by atoms with Crippen LogP contribution in [0, 0.1) is 0 Å². The van der Waals surface area contributed by atoms with E-state index in [0.717, 1.165) is 19.5 Å². The minimum Gasteiger partial charge on any atom is -0.372 e. The fraction of sp³-hybridized carbons (Fsp3) is 0.600. The standard InChI is InChI=1S/C10H18N2/c1-3-12(4-2)10-7-5-9(11)6-8-10/h5,7-9H,3-4,6,11H2,1-2H3. The molecule has 0 amide bonds. The predicted molar refractivity (Wildman–Crippen MR) is 52.7 cm³/mol. The molecule has 2 N–H and O–H groups in total. The lowest BCUT2D eigenvalue weighted by molar-refractivity contribution is 0.390. The number of likely N-dealkylation sites (N-methyl/N-ethyl adjacent to an activating group) is 1. The van der Waals surface area contributed by atoms with E-state index in [-0.39, 0.29) is 6.04 Å². The highest BCUT2D eigenvalue weighted by atomic mass is 15.1. The first kappa shape index (κ1) is 9.33. The number of allylic oxidation sites excluding steroid dienone is 1. The van der Waals surface area contributed by atoms with Gasteiger partial charge in [0.2, 0.25) is 0 Å². The van der Waals surface area contributed by atoms with E-state index < -0.39 is 0 Å². The molecule has 1 aliphatic carbocycles. The molecule has 1 unspecified atom stereocenters. The summed E-state index contributed by atoms with van der Waals surface area (Å²) in [4.78, 5) is 2.34. The second kappa shape index (κ2) is 4.31. The molecule has 0 aromatic rings. The Morgan fingerprint density at radius 1 is 1.50 bits per heavy atom. The molecular weight excluding hydrogens is 148 g/mol. The van der Waals surface area contributed by atoms with Crippen LogP contribution in [0.5, 0.6) is 0 Å². The summed E-state index contributed by atoms with van der Waals surface area (Å²) in [6.07, 6.45) is 7.40. The molecule has 0 spiro atoms. The summed E-state index contributed by atoms with van der Waals surface area (Å²) in [5.41, 5.74) is 7.05. The summed E-state index contributed by atoms with van der Waals surface area (Å²) in [5, 5.41) is 0. The Hall–Kier alpha value is -0.760. The third-order valence-electron chi connectivity index (χ3n) is 2.24. The number of hydrogen-bond acceptors (Lipinski definition) is 2. The molecule has 0 aliphatic heterocycles. The summed E-state index contributed by atoms with van der Waals surface area (Å²) in [6, 6.07) is 0.226. The van der Waals surface area contributed by atoms with Crippen molar-refractivity contribution in [1.82, 2.24) is 4.90 Å². The summed E-state index contributed by atoms with van der Waals surface area (Å²) in [7, 11) is 0. The molecule has 0 aromatic carbocycles. The average molecular weight is 166 g/mol. The number of hydrogen-bond donors (Lipinski definition) is 1. The van der Waals surface area contributed by atoms with Gasteiger partial charge >= 0.3 is 0 Å². The predicted octanol–water partition coefficient (Wildman–Crippen LogP) is 1.50. The van der Waals surface area contributed by atoms with Crippen molar-refractivity contribution in [2.75, 3.05) is 13.1 Å². The highest BCUT2D eigenvalue weighted by Gasteiger charge is 2.07. The van der Waals surface area contributed by atoms with Gasteiger partial charge in [0, 0.05) is 24.8 Å². The van der Waals surface area contributed by atoms with Crippen molar-refractivity contribution in [1.29, 1.82) is 0 Å². The Balaban J connectivity index is 2.58. The van der Waals surface area contributed by atoms with Crippen molar-refractivity contribution >= 4 is 0 Å². The van der Waals surface area contributed by atoms with Gasteiger partial charge in [-0.05, 0) is 26.3 Å². The summed E-state index contributed by atoms with van der Waals surface area (Å²) in [5.74, 6) is 0.